The molecule has 0 aliphatic carbocycles. The van der Waals surface area contributed by atoms with Gasteiger partial charge in [-0.05, 0) is 30.7 Å². The highest BCUT2D eigenvalue weighted by atomic mass is 32.2. The fraction of sp³-hybridized carbons (Fsp3) is 0.0769. The van der Waals surface area contributed by atoms with E-state index in [1.807, 2.05) is 19.1 Å². The van der Waals surface area contributed by atoms with Crippen molar-refractivity contribution in [2.45, 2.75) is 11.8 Å². The third-order valence-electron chi connectivity index (χ3n) is 2.60. The van der Waals surface area contributed by atoms with Crippen LogP contribution in [0.5, 0.6) is 0 Å². The summed E-state index contributed by atoms with van der Waals surface area (Å²) in [5.41, 5.74) is 7.33. The zero-order valence-electron chi connectivity index (χ0n) is 9.92. The molecule has 4 nitrogen and oxygen atoms in total. The first-order valence-corrected chi connectivity index (χ1v) is 6.92. The van der Waals surface area contributed by atoms with E-state index in [2.05, 4.69) is 4.72 Å². The first-order valence-electron chi connectivity index (χ1n) is 5.43. The second-order valence-corrected chi connectivity index (χ2v) is 5.61. The van der Waals surface area contributed by atoms with Gasteiger partial charge in [0.2, 0.25) is 0 Å². The van der Waals surface area contributed by atoms with Gasteiger partial charge in [-0.3, -0.25) is 4.72 Å². The average molecular weight is 262 g/mol. The lowest BCUT2D eigenvalue weighted by atomic mass is 10.2. The van der Waals surface area contributed by atoms with Crippen molar-refractivity contribution in [1.82, 2.24) is 0 Å². The van der Waals surface area contributed by atoms with Gasteiger partial charge in [-0.2, -0.15) is 0 Å². The lowest BCUT2D eigenvalue weighted by Crippen LogP contribution is -2.15. The van der Waals surface area contributed by atoms with Gasteiger partial charge >= 0.3 is 0 Å². The van der Waals surface area contributed by atoms with Gasteiger partial charge in [0.05, 0.1) is 11.4 Å². The van der Waals surface area contributed by atoms with E-state index in [0.717, 1.165) is 5.56 Å². The third kappa shape index (κ3) is 2.46. The first-order chi connectivity index (χ1) is 8.50. The summed E-state index contributed by atoms with van der Waals surface area (Å²) in [5.74, 6) is 0. The summed E-state index contributed by atoms with van der Waals surface area (Å²) < 4.78 is 26.9. The Labute approximate surface area is 107 Å². The van der Waals surface area contributed by atoms with Crippen LogP contribution >= 0.6 is 0 Å². The number of anilines is 2. The Kier molecular flexibility index (Phi) is 3.25. The third-order valence-corrected chi connectivity index (χ3v) is 4.04. The molecule has 0 radical (unpaired) electrons. The highest BCUT2D eigenvalue weighted by Gasteiger charge is 2.17. The molecule has 94 valence electrons. The number of rotatable bonds is 3. The lowest BCUT2D eigenvalue weighted by molar-refractivity contribution is 0.601. The highest BCUT2D eigenvalue weighted by molar-refractivity contribution is 7.92. The monoisotopic (exact) mass is 262 g/mol. The predicted molar refractivity (Wildman–Crippen MR) is 72.8 cm³/mol. The van der Waals surface area contributed by atoms with Crippen molar-refractivity contribution < 1.29 is 8.42 Å². The molecule has 0 aliphatic heterocycles. The molecular weight excluding hydrogens is 248 g/mol. The summed E-state index contributed by atoms with van der Waals surface area (Å²) in [7, 11) is -3.64. The second-order valence-electron chi connectivity index (χ2n) is 3.96. The number of hydrogen-bond donors (Lipinski definition) is 2. The molecule has 3 N–H and O–H groups in total. The van der Waals surface area contributed by atoms with E-state index in [1.54, 1.807) is 30.3 Å². The maximum Gasteiger partial charge on any atom is 0.263 e. The van der Waals surface area contributed by atoms with Gasteiger partial charge in [-0.25, -0.2) is 8.42 Å². The second kappa shape index (κ2) is 4.70. The zero-order chi connectivity index (χ0) is 13.2. The molecule has 2 aromatic rings. The van der Waals surface area contributed by atoms with Crippen LogP contribution in [0.1, 0.15) is 5.56 Å². The Bertz CT molecular complexity index is 666. The fourth-order valence-corrected chi connectivity index (χ4v) is 2.88. The molecule has 0 fully saturated rings. The Morgan fingerprint density at radius 1 is 1.00 bits per heavy atom. The van der Waals surface area contributed by atoms with Gasteiger partial charge in [0.1, 0.15) is 4.90 Å². The molecule has 2 rings (SSSR count). The van der Waals surface area contributed by atoms with Crippen molar-refractivity contribution in [2.24, 2.45) is 0 Å². The van der Waals surface area contributed by atoms with Crippen LogP contribution in [0.25, 0.3) is 0 Å². The standard InChI is InChI=1S/C13H14N2O2S/c1-10-6-2-4-8-12(10)15-18(16,17)13-9-5-3-7-11(13)14/h2-9,15H,14H2,1H3. The van der Waals surface area contributed by atoms with Crippen molar-refractivity contribution >= 4 is 21.4 Å². The highest BCUT2D eigenvalue weighted by Crippen LogP contribution is 2.22. The summed E-state index contributed by atoms with van der Waals surface area (Å²) in [5, 5.41) is 0. The normalized spacial score (nSPS) is 11.2. The van der Waals surface area contributed by atoms with Crippen molar-refractivity contribution in [3.8, 4) is 0 Å². The van der Waals surface area contributed by atoms with Gasteiger partial charge in [-0.1, -0.05) is 30.3 Å². The quantitative estimate of drug-likeness (QED) is 0.834. The number of nitrogens with two attached hydrogens (primary N) is 1. The van der Waals surface area contributed by atoms with Crippen LogP contribution in [0.2, 0.25) is 0 Å². The summed E-state index contributed by atoms with van der Waals surface area (Å²) in [4.78, 5) is 0.0910. The summed E-state index contributed by atoms with van der Waals surface area (Å²) >= 11 is 0. The molecule has 5 heteroatoms. The van der Waals surface area contributed by atoms with E-state index >= 15 is 0 Å². The number of nitrogen functional groups attached to an aromatic ring is 1. The van der Waals surface area contributed by atoms with E-state index in [9.17, 15) is 8.42 Å². The van der Waals surface area contributed by atoms with Gasteiger partial charge in [-0.15, -0.1) is 0 Å². The van der Waals surface area contributed by atoms with Gasteiger partial charge in [0, 0.05) is 0 Å². The van der Waals surface area contributed by atoms with Gasteiger partial charge < -0.3 is 5.73 Å². The molecule has 0 bridgehead atoms. The first kappa shape index (κ1) is 12.4. The van der Waals surface area contributed by atoms with E-state index in [0.29, 0.717) is 5.69 Å². The van der Waals surface area contributed by atoms with Gasteiger partial charge in [0.15, 0.2) is 0 Å². The Morgan fingerprint density at radius 3 is 2.28 bits per heavy atom. The van der Waals surface area contributed by atoms with Crippen LogP contribution in [0.15, 0.2) is 53.4 Å². The van der Waals surface area contributed by atoms with Crippen LogP contribution in [-0.4, -0.2) is 8.42 Å². The van der Waals surface area contributed by atoms with Crippen LogP contribution in [0.3, 0.4) is 0 Å². The average Bonchev–Trinajstić information content (AvgIpc) is 2.32. The van der Waals surface area contributed by atoms with Crippen LogP contribution in [0.4, 0.5) is 11.4 Å². The van der Waals surface area contributed by atoms with E-state index in [4.69, 9.17) is 5.73 Å². The zero-order valence-corrected chi connectivity index (χ0v) is 10.7. The van der Waals surface area contributed by atoms with Crippen LogP contribution < -0.4 is 10.5 Å². The Morgan fingerprint density at radius 2 is 1.61 bits per heavy atom. The maximum absolute atomic E-state index is 12.2. The van der Waals surface area contributed by atoms with E-state index < -0.39 is 10.0 Å². The van der Waals surface area contributed by atoms with Gasteiger partial charge in [0.25, 0.3) is 10.0 Å². The SMILES string of the molecule is Cc1ccccc1NS(=O)(=O)c1ccccc1N. The summed E-state index contributed by atoms with van der Waals surface area (Å²) in [6.07, 6.45) is 0. The molecule has 0 saturated heterocycles. The van der Waals surface area contributed by atoms with Crippen molar-refractivity contribution in [1.29, 1.82) is 0 Å². The molecule has 0 heterocycles. The van der Waals surface area contributed by atoms with Crippen molar-refractivity contribution in [3.63, 3.8) is 0 Å². The number of hydrogen-bond acceptors (Lipinski definition) is 3. The number of nitrogens with one attached hydrogen (secondary N) is 1. The maximum atomic E-state index is 12.2. The van der Waals surface area contributed by atoms with Crippen molar-refractivity contribution in [2.75, 3.05) is 10.5 Å². The van der Waals surface area contributed by atoms with Crippen LogP contribution in [0, 0.1) is 6.92 Å². The number of aryl methyl sites for hydroxylation is 1. The van der Waals surface area contributed by atoms with E-state index in [1.165, 1.54) is 6.07 Å². The molecule has 0 aliphatic rings. The molecule has 0 amide bonds. The molecule has 0 unspecified atom stereocenters. The molecule has 0 spiro atoms. The molecule has 0 saturated carbocycles. The van der Waals surface area contributed by atoms with E-state index in [-0.39, 0.29) is 10.6 Å². The Balaban J connectivity index is 2.40. The molecule has 0 aromatic heterocycles. The summed E-state index contributed by atoms with van der Waals surface area (Å²) in [6, 6.07) is 13.6. The minimum absolute atomic E-state index is 0.0910. The largest absolute Gasteiger partial charge is 0.398 e. The molecule has 0 atom stereocenters. The van der Waals surface area contributed by atoms with Crippen molar-refractivity contribution in [3.05, 3.63) is 54.1 Å². The fourth-order valence-electron chi connectivity index (χ4n) is 1.61. The topological polar surface area (TPSA) is 72.2 Å². The smallest absolute Gasteiger partial charge is 0.263 e. The predicted octanol–water partition coefficient (Wildman–Crippen LogP) is 2.38. The molecular formula is C13H14N2O2S. The molecule has 18 heavy (non-hydrogen) atoms. The molecule has 2 aromatic carbocycles. The minimum atomic E-state index is -3.64. The lowest BCUT2D eigenvalue weighted by Gasteiger charge is -2.11. The number of para-hydroxylation sites is 2. The Hall–Kier alpha value is -2.01. The number of benzene rings is 2. The number of sulfonamides is 1. The van der Waals surface area contributed by atoms with Crippen LogP contribution in [-0.2, 0) is 10.0 Å². The minimum Gasteiger partial charge on any atom is -0.398 e. The summed E-state index contributed by atoms with van der Waals surface area (Å²) in [6.45, 7) is 1.84.